The zero-order valence-corrected chi connectivity index (χ0v) is 18.1. The predicted octanol–water partition coefficient (Wildman–Crippen LogP) is 4.38. The van der Waals surface area contributed by atoms with Crippen molar-refractivity contribution in [3.8, 4) is 5.75 Å². The number of hydrogen-bond donors (Lipinski definition) is 0. The number of carbonyl (C=O) groups excluding carboxylic acids is 4. The minimum atomic E-state index is -0.798. The fourth-order valence-corrected chi connectivity index (χ4v) is 3.94. The summed E-state index contributed by atoms with van der Waals surface area (Å²) >= 11 is 9.18. The molecule has 0 aliphatic heterocycles. The van der Waals surface area contributed by atoms with E-state index in [-0.39, 0.29) is 23.1 Å². The molecule has 0 spiro atoms. The molecule has 0 bridgehead atoms. The van der Waals surface area contributed by atoms with Crippen molar-refractivity contribution in [3.05, 3.63) is 87.4 Å². The van der Waals surface area contributed by atoms with E-state index in [4.69, 9.17) is 16.3 Å². The van der Waals surface area contributed by atoms with Gasteiger partial charge in [-0.25, -0.2) is 0 Å². The fourth-order valence-electron chi connectivity index (χ4n) is 3.25. The second kappa shape index (κ2) is 9.32. The Hall–Kier alpha value is -2.83. The Kier molecular flexibility index (Phi) is 6.80. The molecule has 0 fully saturated rings. The summed E-state index contributed by atoms with van der Waals surface area (Å²) in [6.07, 6.45) is 5.25. The third-order valence-corrected chi connectivity index (χ3v) is 5.64. The number of ketones is 4. The Balaban J connectivity index is 0.000000172. The first-order chi connectivity index (χ1) is 14.3. The van der Waals surface area contributed by atoms with Gasteiger partial charge in [0.05, 0.1) is 7.11 Å². The maximum atomic E-state index is 11.6. The third-order valence-electron chi connectivity index (χ3n) is 4.68. The first-order valence-corrected chi connectivity index (χ1v) is 10.1. The van der Waals surface area contributed by atoms with Crippen LogP contribution in [0.15, 0.2) is 71.2 Å². The van der Waals surface area contributed by atoms with Crippen molar-refractivity contribution in [3.63, 3.8) is 0 Å². The van der Waals surface area contributed by atoms with Gasteiger partial charge < -0.3 is 4.74 Å². The molecule has 2 aromatic rings. The second-order valence-corrected chi connectivity index (χ2v) is 7.84. The molecule has 0 saturated carbocycles. The first-order valence-electron chi connectivity index (χ1n) is 8.93. The minimum Gasteiger partial charge on any atom is -0.496 e. The normalized spacial score (nSPS) is 16.2. The average molecular weight is 488 g/mol. The van der Waals surface area contributed by atoms with Gasteiger partial charge in [-0.3, -0.25) is 19.2 Å². The summed E-state index contributed by atoms with van der Waals surface area (Å²) in [5.41, 5.74) is 1.27. The van der Waals surface area contributed by atoms with Crippen LogP contribution in [0.1, 0.15) is 23.0 Å². The molecule has 2 aliphatic carbocycles. The molecule has 30 heavy (non-hydrogen) atoms. The number of allylic oxidation sites excluding steroid dienone is 4. The third kappa shape index (κ3) is 4.50. The molecule has 4 rings (SSSR count). The van der Waals surface area contributed by atoms with Gasteiger partial charge in [0.15, 0.2) is 23.1 Å². The zero-order valence-electron chi connectivity index (χ0n) is 15.8. The molecular formula is C23H16BrClO5. The van der Waals surface area contributed by atoms with Crippen molar-refractivity contribution >= 4 is 50.7 Å². The van der Waals surface area contributed by atoms with Gasteiger partial charge in [0.1, 0.15) is 17.6 Å². The Morgan fingerprint density at radius 1 is 0.767 bits per heavy atom. The highest BCUT2D eigenvalue weighted by molar-refractivity contribution is 9.10. The monoisotopic (exact) mass is 486 g/mol. The minimum absolute atomic E-state index is 0.137. The van der Waals surface area contributed by atoms with Gasteiger partial charge in [-0.2, -0.15) is 0 Å². The van der Waals surface area contributed by atoms with Crippen LogP contribution in [0.2, 0.25) is 5.02 Å². The van der Waals surface area contributed by atoms with Crippen LogP contribution in [0.3, 0.4) is 0 Å². The van der Waals surface area contributed by atoms with Crippen molar-refractivity contribution in [2.45, 2.75) is 11.8 Å². The molecule has 0 saturated heterocycles. The Labute approximate surface area is 186 Å². The van der Waals surface area contributed by atoms with E-state index in [0.29, 0.717) is 16.3 Å². The van der Waals surface area contributed by atoms with Crippen molar-refractivity contribution in [1.82, 2.24) is 0 Å². The average Bonchev–Trinajstić information content (AvgIpc) is 3.23. The number of methoxy groups -OCH3 is 1. The number of halogens is 2. The van der Waals surface area contributed by atoms with Gasteiger partial charge in [0.2, 0.25) is 0 Å². The molecular weight excluding hydrogens is 472 g/mol. The van der Waals surface area contributed by atoms with E-state index in [1.54, 1.807) is 24.3 Å². The van der Waals surface area contributed by atoms with E-state index >= 15 is 0 Å². The van der Waals surface area contributed by atoms with E-state index < -0.39 is 11.8 Å². The van der Waals surface area contributed by atoms with Gasteiger partial charge in [-0.1, -0.05) is 45.7 Å². The van der Waals surface area contributed by atoms with Crippen LogP contribution in [0.4, 0.5) is 0 Å². The van der Waals surface area contributed by atoms with Crippen LogP contribution in [-0.4, -0.2) is 30.2 Å². The van der Waals surface area contributed by atoms with Crippen molar-refractivity contribution in [1.29, 1.82) is 0 Å². The smallest absolute Gasteiger partial charge is 0.171 e. The molecule has 0 radical (unpaired) electrons. The van der Waals surface area contributed by atoms with E-state index in [1.165, 1.54) is 31.4 Å². The predicted molar refractivity (Wildman–Crippen MR) is 116 cm³/mol. The standard InChI is InChI=1S/C12H9ClO3.C11H7BrO2/c1-16-11-5-2-7(13)6-8(11)12-9(14)3-4-10(12)15;12-8-4-2-1-3-7(8)11-9(13)5-6-10(11)14/h2-6,12H,1H3;1-6,11H. The SMILES string of the molecule is COc1ccc(Cl)cc1C1C(=O)C=CC1=O.O=C1C=CC(=O)C1c1ccccc1Br. The molecule has 2 aliphatic rings. The van der Waals surface area contributed by atoms with Crippen LogP contribution in [0.5, 0.6) is 5.75 Å². The quantitative estimate of drug-likeness (QED) is 0.601. The summed E-state index contributed by atoms with van der Waals surface area (Å²) in [6.45, 7) is 0. The van der Waals surface area contributed by atoms with Gasteiger partial charge in [0.25, 0.3) is 0 Å². The van der Waals surface area contributed by atoms with E-state index in [9.17, 15) is 19.2 Å². The van der Waals surface area contributed by atoms with Crippen molar-refractivity contribution < 1.29 is 23.9 Å². The van der Waals surface area contributed by atoms with Crippen LogP contribution in [-0.2, 0) is 19.2 Å². The maximum absolute atomic E-state index is 11.6. The Morgan fingerprint density at radius 3 is 1.77 bits per heavy atom. The zero-order chi connectivity index (χ0) is 21.8. The lowest BCUT2D eigenvalue weighted by Crippen LogP contribution is -2.14. The van der Waals surface area contributed by atoms with E-state index in [0.717, 1.165) is 10.0 Å². The Bertz CT molecular complexity index is 1070. The van der Waals surface area contributed by atoms with Crippen LogP contribution >= 0.6 is 27.5 Å². The molecule has 0 unspecified atom stereocenters. The van der Waals surface area contributed by atoms with E-state index in [1.807, 2.05) is 18.2 Å². The highest BCUT2D eigenvalue weighted by Gasteiger charge is 2.32. The number of carbonyl (C=O) groups is 4. The molecule has 0 amide bonds. The molecule has 0 N–H and O–H groups in total. The number of rotatable bonds is 3. The topological polar surface area (TPSA) is 77.5 Å². The highest BCUT2D eigenvalue weighted by atomic mass is 79.9. The lowest BCUT2D eigenvalue weighted by atomic mass is 9.94. The summed E-state index contributed by atoms with van der Waals surface area (Å²) in [6, 6.07) is 12.2. The molecule has 0 heterocycles. The molecule has 7 heteroatoms. The molecule has 5 nitrogen and oxygen atoms in total. The Morgan fingerprint density at radius 2 is 1.27 bits per heavy atom. The second-order valence-electron chi connectivity index (χ2n) is 6.55. The lowest BCUT2D eigenvalue weighted by Gasteiger charge is -2.12. The maximum Gasteiger partial charge on any atom is 0.171 e. The van der Waals surface area contributed by atoms with Crippen LogP contribution < -0.4 is 4.74 Å². The summed E-state index contributed by atoms with van der Waals surface area (Å²) in [7, 11) is 1.49. The van der Waals surface area contributed by atoms with Gasteiger partial charge in [0, 0.05) is 15.1 Å². The van der Waals surface area contributed by atoms with Crippen LogP contribution in [0.25, 0.3) is 0 Å². The number of hydrogen-bond acceptors (Lipinski definition) is 5. The van der Waals surface area contributed by atoms with E-state index in [2.05, 4.69) is 15.9 Å². The largest absolute Gasteiger partial charge is 0.496 e. The molecule has 152 valence electrons. The fraction of sp³-hybridized carbons (Fsp3) is 0.130. The summed E-state index contributed by atoms with van der Waals surface area (Å²) in [5.74, 6) is -1.67. The number of benzene rings is 2. The molecule has 0 aromatic heterocycles. The number of ether oxygens (including phenoxy) is 1. The summed E-state index contributed by atoms with van der Waals surface area (Å²) in [4.78, 5) is 45.9. The van der Waals surface area contributed by atoms with Crippen LogP contribution in [0, 0.1) is 0 Å². The van der Waals surface area contributed by atoms with Gasteiger partial charge in [-0.15, -0.1) is 0 Å². The molecule has 2 aromatic carbocycles. The molecule has 0 atom stereocenters. The summed E-state index contributed by atoms with van der Waals surface area (Å²) in [5, 5.41) is 0.475. The van der Waals surface area contributed by atoms with Gasteiger partial charge >= 0.3 is 0 Å². The van der Waals surface area contributed by atoms with Crippen molar-refractivity contribution in [2.24, 2.45) is 0 Å². The lowest BCUT2D eigenvalue weighted by molar-refractivity contribution is -0.124. The summed E-state index contributed by atoms with van der Waals surface area (Å²) < 4.78 is 5.92. The first kappa shape index (κ1) is 21.9. The van der Waals surface area contributed by atoms with Gasteiger partial charge in [-0.05, 0) is 54.1 Å². The highest BCUT2D eigenvalue weighted by Crippen LogP contribution is 2.33. The van der Waals surface area contributed by atoms with Crippen molar-refractivity contribution in [2.75, 3.05) is 7.11 Å².